The zero-order valence-corrected chi connectivity index (χ0v) is 10.3. The SMILES string of the molecule is COc1ccc(C(C#N)Cc2ccccc2)cc1. The molecule has 0 aromatic heterocycles. The fourth-order valence-corrected chi connectivity index (χ4v) is 1.92. The van der Waals surface area contributed by atoms with E-state index in [1.165, 1.54) is 5.56 Å². The minimum absolute atomic E-state index is 0.113. The maximum atomic E-state index is 9.29. The van der Waals surface area contributed by atoms with Gasteiger partial charge in [0.05, 0.1) is 19.1 Å². The molecule has 2 aromatic carbocycles. The smallest absolute Gasteiger partial charge is 0.118 e. The second kappa shape index (κ2) is 5.88. The first-order chi connectivity index (χ1) is 8.83. The second-order valence-corrected chi connectivity index (χ2v) is 4.14. The van der Waals surface area contributed by atoms with Gasteiger partial charge in [-0.3, -0.25) is 0 Å². The average molecular weight is 237 g/mol. The Labute approximate surface area is 107 Å². The van der Waals surface area contributed by atoms with Crippen LogP contribution in [0.15, 0.2) is 54.6 Å². The van der Waals surface area contributed by atoms with Gasteiger partial charge in [-0.05, 0) is 29.7 Å². The summed E-state index contributed by atoms with van der Waals surface area (Å²) in [4.78, 5) is 0. The summed E-state index contributed by atoms with van der Waals surface area (Å²) in [5, 5.41) is 9.29. The van der Waals surface area contributed by atoms with E-state index in [4.69, 9.17) is 4.74 Å². The molecule has 18 heavy (non-hydrogen) atoms. The minimum Gasteiger partial charge on any atom is -0.497 e. The Morgan fingerprint density at radius 1 is 1.06 bits per heavy atom. The highest BCUT2D eigenvalue weighted by atomic mass is 16.5. The van der Waals surface area contributed by atoms with Crippen molar-refractivity contribution in [3.63, 3.8) is 0 Å². The number of rotatable bonds is 4. The number of methoxy groups -OCH3 is 1. The highest BCUT2D eigenvalue weighted by molar-refractivity contribution is 5.33. The third-order valence-corrected chi connectivity index (χ3v) is 2.96. The van der Waals surface area contributed by atoms with Crippen LogP contribution in [0, 0.1) is 11.3 Å². The number of nitrogens with zero attached hydrogens (tertiary/aromatic N) is 1. The Morgan fingerprint density at radius 3 is 2.28 bits per heavy atom. The molecule has 0 fully saturated rings. The molecule has 2 heteroatoms. The molecule has 0 amide bonds. The molecule has 0 spiro atoms. The summed E-state index contributed by atoms with van der Waals surface area (Å²) in [7, 11) is 1.64. The lowest BCUT2D eigenvalue weighted by atomic mass is 9.93. The van der Waals surface area contributed by atoms with Crippen molar-refractivity contribution in [3.8, 4) is 11.8 Å². The third kappa shape index (κ3) is 2.89. The van der Waals surface area contributed by atoms with E-state index in [-0.39, 0.29) is 5.92 Å². The van der Waals surface area contributed by atoms with Gasteiger partial charge in [-0.15, -0.1) is 0 Å². The first-order valence-electron chi connectivity index (χ1n) is 5.91. The first-order valence-corrected chi connectivity index (χ1v) is 5.91. The normalized spacial score (nSPS) is 11.6. The summed E-state index contributed by atoms with van der Waals surface area (Å²) in [5.74, 6) is 0.702. The second-order valence-electron chi connectivity index (χ2n) is 4.14. The van der Waals surface area contributed by atoms with Crippen LogP contribution in [0.2, 0.25) is 0 Å². The molecule has 2 rings (SSSR count). The van der Waals surface area contributed by atoms with Crippen LogP contribution in [0.4, 0.5) is 0 Å². The molecule has 0 saturated heterocycles. The summed E-state index contributed by atoms with van der Waals surface area (Å²) < 4.78 is 5.12. The topological polar surface area (TPSA) is 33.0 Å². The maximum absolute atomic E-state index is 9.29. The maximum Gasteiger partial charge on any atom is 0.118 e. The van der Waals surface area contributed by atoms with Gasteiger partial charge in [0.1, 0.15) is 5.75 Å². The van der Waals surface area contributed by atoms with Crippen LogP contribution in [-0.2, 0) is 6.42 Å². The monoisotopic (exact) mass is 237 g/mol. The number of benzene rings is 2. The van der Waals surface area contributed by atoms with Crippen molar-refractivity contribution < 1.29 is 4.74 Å². The van der Waals surface area contributed by atoms with Crippen molar-refractivity contribution >= 4 is 0 Å². The zero-order valence-electron chi connectivity index (χ0n) is 10.3. The Kier molecular flexibility index (Phi) is 3.98. The average Bonchev–Trinajstić information content (AvgIpc) is 2.46. The van der Waals surface area contributed by atoms with Crippen LogP contribution < -0.4 is 4.74 Å². The lowest BCUT2D eigenvalue weighted by Gasteiger charge is -2.10. The van der Waals surface area contributed by atoms with E-state index in [9.17, 15) is 5.26 Å². The molecule has 2 nitrogen and oxygen atoms in total. The highest BCUT2D eigenvalue weighted by Crippen LogP contribution is 2.22. The van der Waals surface area contributed by atoms with E-state index < -0.39 is 0 Å². The van der Waals surface area contributed by atoms with Crippen molar-refractivity contribution in [2.75, 3.05) is 7.11 Å². The van der Waals surface area contributed by atoms with Crippen molar-refractivity contribution in [1.82, 2.24) is 0 Å². The first kappa shape index (κ1) is 12.2. The van der Waals surface area contributed by atoms with Crippen LogP contribution >= 0.6 is 0 Å². The largest absolute Gasteiger partial charge is 0.497 e. The molecule has 0 aliphatic rings. The number of hydrogen-bond donors (Lipinski definition) is 0. The van der Waals surface area contributed by atoms with Gasteiger partial charge in [0, 0.05) is 0 Å². The molecule has 0 heterocycles. The van der Waals surface area contributed by atoms with Crippen molar-refractivity contribution in [2.45, 2.75) is 12.3 Å². The third-order valence-electron chi connectivity index (χ3n) is 2.96. The zero-order chi connectivity index (χ0) is 12.8. The molecule has 1 unspecified atom stereocenters. The van der Waals surface area contributed by atoms with Crippen molar-refractivity contribution in [1.29, 1.82) is 5.26 Å². The van der Waals surface area contributed by atoms with E-state index >= 15 is 0 Å². The van der Waals surface area contributed by atoms with E-state index in [0.29, 0.717) is 0 Å². The van der Waals surface area contributed by atoms with E-state index in [1.54, 1.807) is 7.11 Å². The summed E-state index contributed by atoms with van der Waals surface area (Å²) in [5.41, 5.74) is 2.21. The van der Waals surface area contributed by atoms with Crippen LogP contribution in [0.25, 0.3) is 0 Å². The Hall–Kier alpha value is -2.27. The van der Waals surface area contributed by atoms with Crippen LogP contribution in [0.3, 0.4) is 0 Å². The van der Waals surface area contributed by atoms with Gasteiger partial charge in [-0.25, -0.2) is 0 Å². The van der Waals surface area contributed by atoms with Gasteiger partial charge in [0.25, 0.3) is 0 Å². The van der Waals surface area contributed by atoms with Crippen LogP contribution in [0.5, 0.6) is 5.75 Å². The molecule has 0 aliphatic heterocycles. The molecular weight excluding hydrogens is 222 g/mol. The number of nitriles is 1. The predicted octanol–water partition coefficient (Wildman–Crippen LogP) is 3.55. The van der Waals surface area contributed by atoms with E-state index in [0.717, 1.165) is 17.7 Å². The molecule has 0 N–H and O–H groups in total. The number of hydrogen-bond acceptors (Lipinski definition) is 2. The lowest BCUT2D eigenvalue weighted by Crippen LogP contribution is -2.00. The van der Waals surface area contributed by atoms with Crippen molar-refractivity contribution in [3.05, 3.63) is 65.7 Å². The molecule has 0 saturated carbocycles. The molecule has 0 bridgehead atoms. The lowest BCUT2D eigenvalue weighted by molar-refractivity contribution is 0.414. The molecule has 2 aromatic rings. The Morgan fingerprint density at radius 2 is 1.72 bits per heavy atom. The standard InChI is InChI=1S/C16H15NO/c1-18-16-9-7-14(8-10-16)15(12-17)11-13-5-3-2-4-6-13/h2-10,15H,11H2,1H3. The summed E-state index contributed by atoms with van der Waals surface area (Å²) in [6.45, 7) is 0. The quantitative estimate of drug-likeness (QED) is 0.814. The van der Waals surface area contributed by atoms with Gasteiger partial charge in [0.15, 0.2) is 0 Å². The Balaban J connectivity index is 2.16. The summed E-state index contributed by atoms with van der Waals surface area (Å²) in [6, 6.07) is 20.1. The number of ether oxygens (including phenoxy) is 1. The van der Waals surface area contributed by atoms with Crippen LogP contribution in [0.1, 0.15) is 17.0 Å². The van der Waals surface area contributed by atoms with E-state index in [2.05, 4.69) is 6.07 Å². The van der Waals surface area contributed by atoms with Gasteiger partial charge in [-0.1, -0.05) is 42.5 Å². The van der Waals surface area contributed by atoms with Crippen molar-refractivity contribution in [2.24, 2.45) is 0 Å². The molecular formula is C16H15NO. The van der Waals surface area contributed by atoms with Gasteiger partial charge in [-0.2, -0.15) is 5.26 Å². The highest BCUT2D eigenvalue weighted by Gasteiger charge is 2.11. The van der Waals surface area contributed by atoms with Crippen LogP contribution in [-0.4, -0.2) is 7.11 Å². The minimum atomic E-state index is -0.113. The molecule has 0 aliphatic carbocycles. The van der Waals surface area contributed by atoms with Gasteiger partial charge >= 0.3 is 0 Å². The van der Waals surface area contributed by atoms with Gasteiger partial charge < -0.3 is 4.74 Å². The Bertz CT molecular complexity index is 525. The molecule has 90 valence electrons. The molecule has 0 radical (unpaired) electrons. The molecule has 1 atom stereocenters. The predicted molar refractivity (Wildman–Crippen MR) is 71.5 cm³/mol. The summed E-state index contributed by atoms with van der Waals surface area (Å²) >= 11 is 0. The van der Waals surface area contributed by atoms with Gasteiger partial charge in [0.2, 0.25) is 0 Å². The summed E-state index contributed by atoms with van der Waals surface area (Å²) in [6.07, 6.45) is 0.740. The fourth-order valence-electron chi connectivity index (χ4n) is 1.92. The van der Waals surface area contributed by atoms with E-state index in [1.807, 2.05) is 54.6 Å². The fraction of sp³-hybridized carbons (Fsp3) is 0.188.